The minimum Gasteiger partial charge on any atom is -0.314 e. The molecule has 2 rings (SSSR count). The maximum atomic E-state index is 6.36. The molecule has 0 radical (unpaired) electrons. The number of nitrogens with one attached hydrogen (secondary N) is 1. The highest BCUT2D eigenvalue weighted by Gasteiger charge is 2.29. The summed E-state index contributed by atoms with van der Waals surface area (Å²) in [6.45, 7) is 7.94. The van der Waals surface area contributed by atoms with E-state index in [1.54, 1.807) is 0 Å². The van der Waals surface area contributed by atoms with Gasteiger partial charge in [-0.05, 0) is 61.3 Å². The Hall–Kier alpha value is -0.240. The third-order valence-corrected chi connectivity index (χ3v) is 5.27. The fraction of sp³-hybridized carbons (Fsp3) is 0.667. The average molecular weight is 328 g/mol. The number of benzene rings is 1. The molecular weight excluding hydrogens is 301 g/mol. The molecule has 3 heteroatoms. The fourth-order valence-corrected chi connectivity index (χ4v) is 3.92. The summed E-state index contributed by atoms with van der Waals surface area (Å²) in [5, 5.41) is 5.15. The van der Waals surface area contributed by atoms with Crippen molar-refractivity contribution >= 4 is 23.2 Å². The van der Waals surface area contributed by atoms with Crippen molar-refractivity contribution in [1.29, 1.82) is 0 Å². The molecule has 0 saturated heterocycles. The molecule has 1 aromatic rings. The van der Waals surface area contributed by atoms with Gasteiger partial charge in [-0.15, -0.1) is 0 Å². The number of halogens is 2. The van der Waals surface area contributed by atoms with Crippen LogP contribution in [0.2, 0.25) is 10.0 Å². The molecule has 1 nitrogen and oxygen atoms in total. The van der Waals surface area contributed by atoms with Gasteiger partial charge in [0.25, 0.3) is 0 Å². The van der Waals surface area contributed by atoms with Gasteiger partial charge in [-0.25, -0.2) is 0 Å². The normalized spacial score (nSPS) is 26.3. The molecule has 118 valence electrons. The molecule has 1 aliphatic rings. The standard InChI is InChI=1S/C18H27Cl2N/c1-12(2)21-11-15-5-4-13(3)8-16(15)9-14-6-7-17(19)10-18(14)20/h6-7,10,12-13,15-16,21H,4-5,8-9,11H2,1-3H3. The summed E-state index contributed by atoms with van der Waals surface area (Å²) in [4.78, 5) is 0. The van der Waals surface area contributed by atoms with Crippen LogP contribution in [0.3, 0.4) is 0 Å². The van der Waals surface area contributed by atoms with Crippen molar-refractivity contribution < 1.29 is 0 Å². The molecule has 21 heavy (non-hydrogen) atoms. The van der Waals surface area contributed by atoms with Gasteiger partial charge in [0.05, 0.1) is 0 Å². The zero-order valence-electron chi connectivity index (χ0n) is 13.3. The van der Waals surface area contributed by atoms with Gasteiger partial charge in [-0.1, -0.05) is 56.5 Å². The zero-order valence-corrected chi connectivity index (χ0v) is 14.8. The Morgan fingerprint density at radius 3 is 2.62 bits per heavy atom. The van der Waals surface area contributed by atoms with E-state index in [0.29, 0.717) is 6.04 Å². The Labute approximate surface area is 139 Å². The Balaban J connectivity index is 2.05. The van der Waals surface area contributed by atoms with Crippen LogP contribution < -0.4 is 5.32 Å². The first-order chi connectivity index (χ1) is 9.95. The maximum absolute atomic E-state index is 6.36. The van der Waals surface area contributed by atoms with Crippen LogP contribution >= 0.6 is 23.2 Å². The summed E-state index contributed by atoms with van der Waals surface area (Å²) in [6.07, 6.45) is 5.07. The molecule has 1 fully saturated rings. The van der Waals surface area contributed by atoms with Crippen LogP contribution in [-0.2, 0) is 6.42 Å². The fourth-order valence-electron chi connectivity index (χ4n) is 3.44. The molecular formula is C18H27Cl2N. The second-order valence-electron chi connectivity index (χ2n) is 6.94. The maximum Gasteiger partial charge on any atom is 0.0452 e. The summed E-state index contributed by atoms with van der Waals surface area (Å²) in [6, 6.07) is 6.48. The van der Waals surface area contributed by atoms with Crippen LogP contribution in [0.15, 0.2) is 18.2 Å². The summed E-state index contributed by atoms with van der Waals surface area (Å²) in [7, 11) is 0. The molecule has 3 atom stereocenters. The molecule has 1 N–H and O–H groups in total. The topological polar surface area (TPSA) is 12.0 Å². The molecule has 0 spiro atoms. The Bertz CT molecular complexity index is 459. The second kappa shape index (κ2) is 7.85. The smallest absolute Gasteiger partial charge is 0.0452 e. The van der Waals surface area contributed by atoms with E-state index in [0.717, 1.165) is 40.8 Å². The van der Waals surface area contributed by atoms with Crippen molar-refractivity contribution in [2.24, 2.45) is 17.8 Å². The lowest BCUT2D eigenvalue weighted by Gasteiger charge is -2.36. The highest BCUT2D eigenvalue weighted by atomic mass is 35.5. The first-order valence-corrected chi connectivity index (χ1v) is 8.88. The van der Waals surface area contributed by atoms with Gasteiger partial charge in [0.1, 0.15) is 0 Å². The molecule has 1 aliphatic carbocycles. The van der Waals surface area contributed by atoms with Gasteiger partial charge < -0.3 is 5.32 Å². The summed E-state index contributed by atoms with van der Waals surface area (Å²) < 4.78 is 0. The number of rotatable bonds is 5. The van der Waals surface area contributed by atoms with Gasteiger partial charge in [0.2, 0.25) is 0 Å². The second-order valence-corrected chi connectivity index (χ2v) is 7.78. The summed E-state index contributed by atoms with van der Waals surface area (Å²) in [5.41, 5.74) is 1.25. The Morgan fingerprint density at radius 1 is 1.19 bits per heavy atom. The molecule has 1 aromatic carbocycles. The molecule has 0 amide bonds. The molecule has 0 aromatic heterocycles. The van der Waals surface area contributed by atoms with Crippen LogP contribution in [0, 0.1) is 17.8 Å². The first-order valence-electron chi connectivity index (χ1n) is 8.13. The van der Waals surface area contributed by atoms with E-state index in [1.165, 1.54) is 24.8 Å². The Morgan fingerprint density at radius 2 is 1.95 bits per heavy atom. The van der Waals surface area contributed by atoms with Crippen molar-refractivity contribution in [3.05, 3.63) is 33.8 Å². The zero-order chi connectivity index (χ0) is 15.4. The van der Waals surface area contributed by atoms with Gasteiger partial charge in [-0.3, -0.25) is 0 Å². The van der Waals surface area contributed by atoms with Crippen LogP contribution in [-0.4, -0.2) is 12.6 Å². The largest absolute Gasteiger partial charge is 0.314 e. The van der Waals surface area contributed by atoms with E-state index in [9.17, 15) is 0 Å². The van der Waals surface area contributed by atoms with Crippen molar-refractivity contribution in [2.75, 3.05) is 6.54 Å². The van der Waals surface area contributed by atoms with Crippen LogP contribution in [0.4, 0.5) is 0 Å². The minimum absolute atomic E-state index is 0.559. The minimum atomic E-state index is 0.559. The predicted octanol–water partition coefficient (Wildman–Crippen LogP) is 5.59. The third kappa shape index (κ3) is 5.16. The lowest BCUT2D eigenvalue weighted by Crippen LogP contribution is -2.36. The average Bonchev–Trinajstić information content (AvgIpc) is 2.41. The molecule has 1 saturated carbocycles. The number of hydrogen-bond acceptors (Lipinski definition) is 1. The van der Waals surface area contributed by atoms with Gasteiger partial charge in [-0.2, -0.15) is 0 Å². The van der Waals surface area contributed by atoms with Gasteiger partial charge in [0, 0.05) is 16.1 Å². The molecule has 0 heterocycles. The SMILES string of the molecule is CC1CCC(CNC(C)C)C(Cc2ccc(Cl)cc2Cl)C1. The predicted molar refractivity (Wildman–Crippen MR) is 93.3 cm³/mol. The molecule has 3 unspecified atom stereocenters. The highest BCUT2D eigenvalue weighted by Crippen LogP contribution is 2.37. The third-order valence-electron chi connectivity index (χ3n) is 4.69. The highest BCUT2D eigenvalue weighted by molar-refractivity contribution is 6.35. The van der Waals surface area contributed by atoms with Crippen molar-refractivity contribution in [3.63, 3.8) is 0 Å². The first kappa shape index (κ1) is 17.1. The summed E-state index contributed by atoms with van der Waals surface area (Å²) in [5.74, 6) is 2.31. The van der Waals surface area contributed by atoms with Crippen molar-refractivity contribution in [3.8, 4) is 0 Å². The molecule has 0 aliphatic heterocycles. The monoisotopic (exact) mass is 327 g/mol. The van der Waals surface area contributed by atoms with E-state index in [2.05, 4.69) is 32.2 Å². The van der Waals surface area contributed by atoms with Gasteiger partial charge in [0.15, 0.2) is 0 Å². The van der Waals surface area contributed by atoms with Crippen molar-refractivity contribution in [1.82, 2.24) is 5.32 Å². The van der Waals surface area contributed by atoms with Crippen LogP contribution in [0.1, 0.15) is 45.6 Å². The van der Waals surface area contributed by atoms with Gasteiger partial charge >= 0.3 is 0 Å². The number of hydrogen-bond donors (Lipinski definition) is 1. The lowest BCUT2D eigenvalue weighted by molar-refractivity contribution is 0.181. The summed E-state index contributed by atoms with van der Waals surface area (Å²) >= 11 is 12.4. The van der Waals surface area contributed by atoms with Crippen LogP contribution in [0.5, 0.6) is 0 Å². The van der Waals surface area contributed by atoms with E-state index < -0.39 is 0 Å². The van der Waals surface area contributed by atoms with E-state index in [1.807, 2.05) is 12.1 Å². The van der Waals surface area contributed by atoms with E-state index in [4.69, 9.17) is 23.2 Å². The van der Waals surface area contributed by atoms with E-state index in [-0.39, 0.29) is 0 Å². The lowest BCUT2D eigenvalue weighted by atomic mass is 9.72. The quantitative estimate of drug-likeness (QED) is 0.743. The Kier molecular flexibility index (Phi) is 6.40. The van der Waals surface area contributed by atoms with Crippen molar-refractivity contribution in [2.45, 2.75) is 52.5 Å². The van der Waals surface area contributed by atoms with E-state index >= 15 is 0 Å². The van der Waals surface area contributed by atoms with Crippen LogP contribution in [0.25, 0.3) is 0 Å². The molecule has 0 bridgehead atoms.